The smallest absolute Gasteiger partial charge is 0.407 e. The zero-order valence-corrected chi connectivity index (χ0v) is 16.4. The van der Waals surface area contributed by atoms with Gasteiger partial charge in [0.2, 0.25) is 5.91 Å². The molecule has 1 aliphatic rings. The Morgan fingerprint density at radius 1 is 1.11 bits per heavy atom. The van der Waals surface area contributed by atoms with E-state index in [9.17, 15) is 9.59 Å². The number of alkyl carbamates (subject to hydrolysis) is 1. The van der Waals surface area contributed by atoms with E-state index >= 15 is 0 Å². The van der Waals surface area contributed by atoms with Gasteiger partial charge in [-0.3, -0.25) is 4.79 Å². The predicted molar refractivity (Wildman–Crippen MR) is 109 cm³/mol. The predicted octanol–water partition coefficient (Wildman–Crippen LogP) is 4.37. The van der Waals surface area contributed by atoms with Gasteiger partial charge in [-0.1, -0.05) is 60.2 Å². The molecule has 1 fully saturated rings. The molecular formula is C23H28N2O3. The fourth-order valence-electron chi connectivity index (χ4n) is 3.55. The van der Waals surface area contributed by atoms with Gasteiger partial charge >= 0.3 is 6.09 Å². The minimum absolute atomic E-state index is 0.155. The fraction of sp³-hybridized carbons (Fsp3) is 0.391. The minimum atomic E-state index is -0.449. The lowest BCUT2D eigenvalue weighted by atomic mass is 10.0. The summed E-state index contributed by atoms with van der Waals surface area (Å²) in [6.45, 7) is 3.56. The molecule has 1 unspecified atom stereocenters. The molecule has 1 atom stereocenters. The van der Waals surface area contributed by atoms with Crippen LogP contribution in [0.15, 0.2) is 54.6 Å². The normalized spacial score (nSPS) is 16.0. The Kier molecular flexibility index (Phi) is 7.06. The zero-order valence-electron chi connectivity index (χ0n) is 16.4. The molecule has 3 rings (SSSR count). The summed E-state index contributed by atoms with van der Waals surface area (Å²) in [5, 5.41) is 2.72. The molecule has 1 saturated heterocycles. The van der Waals surface area contributed by atoms with Crippen LogP contribution in [0.25, 0.3) is 0 Å². The van der Waals surface area contributed by atoms with E-state index in [1.807, 2.05) is 35.2 Å². The van der Waals surface area contributed by atoms with Crippen LogP contribution in [0.4, 0.5) is 4.79 Å². The molecule has 0 aromatic heterocycles. The van der Waals surface area contributed by atoms with Crippen molar-refractivity contribution in [2.45, 2.75) is 45.3 Å². The van der Waals surface area contributed by atoms with Gasteiger partial charge < -0.3 is 15.0 Å². The molecule has 5 heteroatoms. The maximum Gasteiger partial charge on any atom is 0.407 e. The van der Waals surface area contributed by atoms with Gasteiger partial charge in [-0.15, -0.1) is 0 Å². The highest BCUT2D eigenvalue weighted by Gasteiger charge is 2.29. The minimum Gasteiger partial charge on any atom is -0.445 e. The Morgan fingerprint density at radius 2 is 1.86 bits per heavy atom. The van der Waals surface area contributed by atoms with E-state index < -0.39 is 6.09 Å². The highest BCUT2D eigenvalue weighted by Crippen LogP contribution is 2.32. The van der Waals surface area contributed by atoms with Gasteiger partial charge in [0.15, 0.2) is 0 Å². The number of rotatable bonds is 7. The Balaban J connectivity index is 1.37. The fourth-order valence-corrected chi connectivity index (χ4v) is 3.55. The second kappa shape index (κ2) is 9.93. The van der Waals surface area contributed by atoms with E-state index in [4.69, 9.17) is 4.74 Å². The van der Waals surface area contributed by atoms with E-state index in [1.165, 1.54) is 11.1 Å². The average molecular weight is 380 g/mol. The summed E-state index contributed by atoms with van der Waals surface area (Å²) in [5.74, 6) is 0.155. The van der Waals surface area contributed by atoms with Crippen molar-refractivity contribution in [1.29, 1.82) is 0 Å². The summed E-state index contributed by atoms with van der Waals surface area (Å²) in [4.78, 5) is 26.4. The van der Waals surface area contributed by atoms with E-state index in [1.54, 1.807) is 0 Å². The van der Waals surface area contributed by atoms with E-state index in [0.29, 0.717) is 19.4 Å². The highest BCUT2D eigenvalue weighted by atomic mass is 16.5. The van der Waals surface area contributed by atoms with Crippen LogP contribution in [0, 0.1) is 6.92 Å². The van der Waals surface area contributed by atoms with E-state index in [0.717, 1.165) is 24.9 Å². The van der Waals surface area contributed by atoms with Gasteiger partial charge in [0, 0.05) is 19.5 Å². The van der Waals surface area contributed by atoms with Crippen LogP contribution in [0.5, 0.6) is 0 Å². The monoisotopic (exact) mass is 380 g/mol. The van der Waals surface area contributed by atoms with Crippen LogP contribution in [0.2, 0.25) is 0 Å². The number of hydrogen-bond donors (Lipinski definition) is 1. The van der Waals surface area contributed by atoms with Crippen LogP contribution in [-0.2, 0) is 16.1 Å². The van der Waals surface area contributed by atoms with Crippen LogP contribution >= 0.6 is 0 Å². The molecule has 2 aromatic carbocycles. The van der Waals surface area contributed by atoms with Crippen molar-refractivity contribution >= 4 is 12.0 Å². The highest BCUT2D eigenvalue weighted by molar-refractivity contribution is 5.77. The van der Waals surface area contributed by atoms with Crippen LogP contribution < -0.4 is 5.32 Å². The van der Waals surface area contributed by atoms with Crippen molar-refractivity contribution in [3.05, 3.63) is 71.3 Å². The van der Waals surface area contributed by atoms with Crippen molar-refractivity contribution in [2.24, 2.45) is 0 Å². The lowest BCUT2D eigenvalue weighted by molar-refractivity contribution is -0.132. The van der Waals surface area contributed by atoms with Crippen molar-refractivity contribution in [3.63, 3.8) is 0 Å². The third-order valence-electron chi connectivity index (χ3n) is 5.08. The molecule has 1 heterocycles. The van der Waals surface area contributed by atoms with Gasteiger partial charge in [0.1, 0.15) is 6.61 Å². The van der Waals surface area contributed by atoms with Crippen LogP contribution in [0.3, 0.4) is 0 Å². The Morgan fingerprint density at radius 3 is 2.61 bits per heavy atom. The van der Waals surface area contributed by atoms with Crippen molar-refractivity contribution in [3.8, 4) is 0 Å². The van der Waals surface area contributed by atoms with E-state index in [2.05, 4.69) is 36.5 Å². The molecule has 1 N–H and O–H groups in total. The molecule has 148 valence electrons. The number of amides is 2. The second-order valence-electron chi connectivity index (χ2n) is 7.25. The molecule has 2 aromatic rings. The van der Waals surface area contributed by atoms with Gasteiger partial charge in [-0.2, -0.15) is 0 Å². The molecule has 0 aliphatic carbocycles. The molecule has 5 nitrogen and oxygen atoms in total. The van der Waals surface area contributed by atoms with Crippen molar-refractivity contribution in [1.82, 2.24) is 10.2 Å². The first-order valence-corrected chi connectivity index (χ1v) is 9.94. The first-order valence-electron chi connectivity index (χ1n) is 9.94. The SMILES string of the molecule is Cc1ccc(C2CCCN2C(=O)CCCNC(=O)OCc2ccccc2)cc1. The number of benzene rings is 2. The summed E-state index contributed by atoms with van der Waals surface area (Å²) < 4.78 is 5.17. The zero-order chi connectivity index (χ0) is 19.8. The number of nitrogens with one attached hydrogen (secondary N) is 1. The van der Waals surface area contributed by atoms with Gasteiger partial charge in [-0.05, 0) is 37.3 Å². The largest absolute Gasteiger partial charge is 0.445 e. The topological polar surface area (TPSA) is 58.6 Å². The lowest BCUT2D eigenvalue weighted by Gasteiger charge is -2.25. The first-order chi connectivity index (χ1) is 13.6. The summed E-state index contributed by atoms with van der Waals surface area (Å²) in [6, 6.07) is 18.2. The molecule has 0 saturated carbocycles. The Hall–Kier alpha value is -2.82. The molecule has 1 aliphatic heterocycles. The summed E-state index contributed by atoms with van der Waals surface area (Å²) in [6.07, 6.45) is 2.64. The molecular weight excluding hydrogens is 352 g/mol. The standard InChI is InChI=1S/C23H28N2O3/c1-18-11-13-20(14-12-18)21-9-6-16-25(21)22(26)10-5-15-24-23(27)28-17-19-7-3-2-4-8-19/h2-4,7-8,11-14,21H,5-6,9-10,15-17H2,1H3,(H,24,27). The number of ether oxygens (including phenoxy) is 1. The lowest BCUT2D eigenvalue weighted by Crippen LogP contribution is -2.31. The van der Waals surface area contributed by atoms with Gasteiger partial charge in [0.05, 0.1) is 6.04 Å². The maximum atomic E-state index is 12.6. The van der Waals surface area contributed by atoms with Gasteiger partial charge in [-0.25, -0.2) is 4.79 Å². The quantitative estimate of drug-likeness (QED) is 0.726. The third-order valence-corrected chi connectivity index (χ3v) is 5.08. The molecule has 0 spiro atoms. The summed E-state index contributed by atoms with van der Waals surface area (Å²) >= 11 is 0. The van der Waals surface area contributed by atoms with E-state index in [-0.39, 0.29) is 18.6 Å². The number of likely N-dealkylation sites (tertiary alicyclic amines) is 1. The summed E-state index contributed by atoms with van der Waals surface area (Å²) in [7, 11) is 0. The van der Waals surface area contributed by atoms with Crippen molar-refractivity contribution < 1.29 is 14.3 Å². The van der Waals surface area contributed by atoms with Gasteiger partial charge in [0.25, 0.3) is 0 Å². The number of carbonyl (C=O) groups excluding carboxylic acids is 2. The number of hydrogen-bond acceptors (Lipinski definition) is 3. The maximum absolute atomic E-state index is 12.6. The Bertz CT molecular complexity index is 774. The van der Waals surface area contributed by atoms with Crippen LogP contribution in [-0.4, -0.2) is 30.0 Å². The van der Waals surface area contributed by atoms with Crippen molar-refractivity contribution in [2.75, 3.05) is 13.1 Å². The number of carbonyl (C=O) groups is 2. The third kappa shape index (κ3) is 5.59. The number of aryl methyl sites for hydroxylation is 1. The molecule has 28 heavy (non-hydrogen) atoms. The summed E-state index contributed by atoms with van der Waals surface area (Å²) in [5.41, 5.74) is 3.38. The molecule has 0 radical (unpaired) electrons. The average Bonchev–Trinajstić information content (AvgIpc) is 3.21. The Labute approximate surface area is 166 Å². The molecule has 2 amide bonds. The molecule has 0 bridgehead atoms. The number of nitrogens with zero attached hydrogens (tertiary/aromatic N) is 1. The first kappa shape index (κ1) is 19.9. The second-order valence-corrected chi connectivity index (χ2v) is 7.25. The van der Waals surface area contributed by atoms with Crippen LogP contribution in [0.1, 0.15) is 48.4 Å².